The fourth-order valence-electron chi connectivity index (χ4n) is 2.56. The third-order valence-corrected chi connectivity index (χ3v) is 3.91. The van der Waals surface area contributed by atoms with Crippen LogP contribution in [0.1, 0.15) is 63.6 Å². The number of aryl methyl sites for hydroxylation is 1. The first-order chi connectivity index (χ1) is 9.69. The second-order valence-corrected chi connectivity index (χ2v) is 5.57. The molecule has 112 valence electrons. The van der Waals surface area contributed by atoms with E-state index in [0.29, 0.717) is 19.0 Å². The first-order valence-electron chi connectivity index (χ1n) is 7.64. The predicted octanol–water partition coefficient (Wildman–Crippen LogP) is 1.53. The van der Waals surface area contributed by atoms with Crippen molar-refractivity contribution in [2.45, 2.75) is 70.5 Å². The highest BCUT2D eigenvalue weighted by Gasteiger charge is 2.15. The first-order valence-corrected chi connectivity index (χ1v) is 7.64. The number of carbonyl (C=O) groups excluding carboxylic acids is 1. The Kier molecular flexibility index (Phi) is 5.52. The number of nitrogens with two attached hydrogens (primary N) is 1. The summed E-state index contributed by atoms with van der Waals surface area (Å²) in [5, 5.41) is 11.2. The number of aromatic nitrogens is 3. The van der Waals surface area contributed by atoms with E-state index in [2.05, 4.69) is 15.6 Å². The van der Waals surface area contributed by atoms with Gasteiger partial charge in [-0.1, -0.05) is 31.4 Å². The van der Waals surface area contributed by atoms with Crippen molar-refractivity contribution in [2.24, 2.45) is 5.73 Å². The summed E-state index contributed by atoms with van der Waals surface area (Å²) in [5.41, 5.74) is 6.68. The minimum Gasteiger partial charge on any atom is -0.353 e. The minimum atomic E-state index is -0.0696. The second kappa shape index (κ2) is 7.38. The molecule has 1 unspecified atom stereocenters. The van der Waals surface area contributed by atoms with Crippen LogP contribution in [0.3, 0.4) is 0 Å². The number of carbonyl (C=O) groups is 1. The van der Waals surface area contributed by atoms with Crippen molar-refractivity contribution >= 4 is 5.91 Å². The molecular formula is C14H25N5O. The van der Waals surface area contributed by atoms with Crippen molar-refractivity contribution in [3.05, 3.63) is 11.9 Å². The normalized spacial score (nSPS) is 17.9. The predicted molar refractivity (Wildman–Crippen MR) is 76.9 cm³/mol. The molecule has 0 saturated heterocycles. The van der Waals surface area contributed by atoms with Crippen LogP contribution in [0.15, 0.2) is 6.20 Å². The smallest absolute Gasteiger partial charge is 0.222 e. The highest BCUT2D eigenvalue weighted by atomic mass is 16.1. The number of nitrogens with zero attached hydrogens (tertiary/aromatic N) is 3. The van der Waals surface area contributed by atoms with Gasteiger partial charge in [-0.2, -0.15) is 0 Å². The zero-order chi connectivity index (χ0) is 14.4. The Bertz CT molecular complexity index is 425. The van der Waals surface area contributed by atoms with Crippen molar-refractivity contribution in [3.8, 4) is 0 Å². The third kappa shape index (κ3) is 4.30. The van der Waals surface area contributed by atoms with Crippen LogP contribution in [0, 0.1) is 0 Å². The maximum Gasteiger partial charge on any atom is 0.222 e. The van der Waals surface area contributed by atoms with Crippen LogP contribution in [0.2, 0.25) is 0 Å². The van der Waals surface area contributed by atoms with Crippen molar-refractivity contribution < 1.29 is 4.79 Å². The lowest BCUT2D eigenvalue weighted by molar-refractivity contribution is -0.122. The molecule has 1 fully saturated rings. The van der Waals surface area contributed by atoms with Gasteiger partial charge in [0.05, 0.1) is 24.5 Å². The second-order valence-electron chi connectivity index (χ2n) is 5.57. The molecule has 6 nitrogen and oxygen atoms in total. The molecule has 0 spiro atoms. The van der Waals surface area contributed by atoms with E-state index in [0.717, 1.165) is 25.0 Å². The molecule has 1 aliphatic carbocycles. The van der Waals surface area contributed by atoms with Crippen LogP contribution in [-0.4, -0.2) is 26.9 Å². The van der Waals surface area contributed by atoms with Gasteiger partial charge in [-0.25, -0.2) is 0 Å². The fourth-order valence-corrected chi connectivity index (χ4v) is 2.56. The lowest BCUT2D eigenvalue weighted by Gasteiger charge is -2.22. The standard InChI is InChI=1S/C14H25N5O/c1-2-12(15)13-10-19(18-17-13)9-8-14(20)16-11-6-4-3-5-7-11/h10-12H,2-9,15H2,1H3,(H,16,20). The highest BCUT2D eigenvalue weighted by Crippen LogP contribution is 2.17. The largest absolute Gasteiger partial charge is 0.353 e. The molecule has 0 aromatic carbocycles. The van der Waals surface area contributed by atoms with Crippen molar-refractivity contribution in [1.29, 1.82) is 0 Å². The van der Waals surface area contributed by atoms with Crippen molar-refractivity contribution in [2.75, 3.05) is 0 Å². The number of hydrogen-bond donors (Lipinski definition) is 2. The van der Waals surface area contributed by atoms with E-state index in [9.17, 15) is 4.79 Å². The zero-order valence-electron chi connectivity index (χ0n) is 12.2. The molecule has 1 atom stereocenters. The molecule has 6 heteroatoms. The van der Waals surface area contributed by atoms with E-state index >= 15 is 0 Å². The summed E-state index contributed by atoms with van der Waals surface area (Å²) in [5.74, 6) is 0.105. The zero-order valence-corrected chi connectivity index (χ0v) is 12.2. The van der Waals surface area contributed by atoms with Crippen LogP contribution in [0.5, 0.6) is 0 Å². The number of hydrogen-bond acceptors (Lipinski definition) is 4. The van der Waals surface area contributed by atoms with E-state index in [4.69, 9.17) is 5.73 Å². The van der Waals surface area contributed by atoms with Crippen molar-refractivity contribution in [1.82, 2.24) is 20.3 Å². The molecular weight excluding hydrogens is 254 g/mol. The van der Waals surface area contributed by atoms with Gasteiger partial charge in [-0.15, -0.1) is 5.10 Å². The Hall–Kier alpha value is -1.43. The van der Waals surface area contributed by atoms with E-state index in [1.807, 2.05) is 13.1 Å². The Morgan fingerprint density at radius 2 is 2.25 bits per heavy atom. The SMILES string of the molecule is CCC(N)c1cn(CCC(=O)NC2CCCCC2)nn1. The van der Waals surface area contributed by atoms with Gasteiger partial charge in [0.25, 0.3) is 0 Å². The summed E-state index contributed by atoms with van der Waals surface area (Å²) in [6.07, 6.45) is 9.10. The average molecular weight is 279 g/mol. The Morgan fingerprint density at radius 1 is 1.50 bits per heavy atom. The number of nitrogens with one attached hydrogen (secondary N) is 1. The molecule has 1 heterocycles. The van der Waals surface area contributed by atoms with Gasteiger partial charge in [0.2, 0.25) is 5.91 Å². The van der Waals surface area contributed by atoms with Crippen LogP contribution >= 0.6 is 0 Å². The summed E-state index contributed by atoms with van der Waals surface area (Å²) in [7, 11) is 0. The van der Waals surface area contributed by atoms with Crippen LogP contribution < -0.4 is 11.1 Å². The Balaban J connectivity index is 1.73. The number of rotatable bonds is 6. The summed E-state index contributed by atoms with van der Waals surface area (Å²) in [6.45, 7) is 2.57. The van der Waals surface area contributed by atoms with Gasteiger partial charge < -0.3 is 11.1 Å². The fraction of sp³-hybridized carbons (Fsp3) is 0.786. The molecule has 1 amide bonds. The van der Waals surface area contributed by atoms with E-state index in [1.54, 1.807) is 4.68 Å². The van der Waals surface area contributed by atoms with E-state index in [-0.39, 0.29) is 11.9 Å². The molecule has 0 bridgehead atoms. The molecule has 1 aromatic rings. The lowest BCUT2D eigenvalue weighted by Crippen LogP contribution is -2.36. The van der Waals surface area contributed by atoms with Gasteiger partial charge in [0, 0.05) is 12.5 Å². The maximum atomic E-state index is 11.9. The van der Waals surface area contributed by atoms with Gasteiger partial charge in [0.1, 0.15) is 0 Å². The summed E-state index contributed by atoms with van der Waals surface area (Å²) < 4.78 is 1.70. The molecule has 3 N–H and O–H groups in total. The summed E-state index contributed by atoms with van der Waals surface area (Å²) in [6, 6.07) is 0.302. The third-order valence-electron chi connectivity index (χ3n) is 3.91. The quantitative estimate of drug-likeness (QED) is 0.827. The maximum absolute atomic E-state index is 11.9. The van der Waals surface area contributed by atoms with Gasteiger partial charge in [0.15, 0.2) is 0 Å². The van der Waals surface area contributed by atoms with Gasteiger partial charge in [-0.05, 0) is 19.3 Å². The topological polar surface area (TPSA) is 85.8 Å². The molecule has 2 rings (SSSR count). The summed E-state index contributed by atoms with van der Waals surface area (Å²) >= 11 is 0. The molecule has 1 aliphatic rings. The highest BCUT2D eigenvalue weighted by molar-refractivity contribution is 5.76. The minimum absolute atomic E-state index is 0.0696. The monoisotopic (exact) mass is 279 g/mol. The molecule has 1 saturated carbocycles. The molecule has 1 aromatic heterocycles. The van der Waals surface area contributed by atoms with E-state index in [1.165, 1.54) is 19.3 Å². The van der Waals surface area contributed by atoms with Crippen LogP contribution in [-0.2, 0) is 11.3 Å². The van der Waals surface area contributed by atoms with Crippen LogP contribution in [0.25, 0.3) is 0 Å². The van der Waals surface area contributed by atoms with Crippen LogP contribution in [0.4, 0.5) is 0 Å². The number of amides is 1. The van der Waals surface area contributed by atoms with Gasteiger partial charge >= 0.3 is 0 Å². The molecule has 0 radical (unpaired) electrons. The van der Waals surface area contributed by atoms with E-state index < -0.39 is 0 Å². The Morgan fingerprint density at radius 3 is 2.95 bits per heavy atom. The first kappa shape index (κ1) is 15.0. The average Bonchev–Trinajstić information content (AvgIpc) is 2.94. The van der Waals surface area contributed by atoms with Gasteiger partial charge in [-0.3, -0.25) is 9.48 Å². The Labute approximate surface area is 120 Å². The summed E-state index contributed by atoms with van der Waals surface area (Å²) in [4.78, 5) is 11.9. The lowest BCUT2D eigenvalue weighted by atomic mass is 9.95. The van der Waals surface area contributed by atoms with Crippen molar-refractivity contribution in [3.63, 3.8) is 0 Å². The molecule has 20 heavy (non-hydrogen) atoms. The molecule has 0 aliphatic heterocycles.